The summed E-state index contributed by atoms with van der Waals surface area (Å²) in [4.78, 5) is 9.95. The van der Waals surface area contributed by atoms with E-state index in [1.54, 1.807) is 24.3 Å². The van der Waals surface area contributed by atoms with Gasteiger partial charge >= 0.3 is 0 Å². The Labute approximate surface area is 110 Å². The van der Waals surface area contributed by atoms with Crippen LogP contribution in [0.4, 0.5) is 0 Å². The number of hydrogen-bond acceptors (Lipinski definition) is 5. The molecule has 0 aliphatic carbocycles. The van der Waals surface area contributed by atoms with Gasteiger partial charge in [-0.3, -0.25) is 0 Å². The fourth-order valence-corrected chi connectivity index (χ4v) is 1.66. The molecule has 0 amide bonds. The predicted molar refractivity (Wildman–Crippen MR) is 70.9 cm³/mol. The van der Waals surface area contributed by atoms with Gasteiger partial charge in [0.1, 0.15) is 11.5 Å². The van der Waals surface area contributed by atoms with Crippen LogP contribution in [-0.4, -0.2) is 18.6 Å². The zero-order chi connectivity index (χ0) is 13.5. The Morgan fingerprint density at radius 2 is 1.32 bits per heavy atom. The maximum Gasteiger partial charge on any atom is 0.219 e. The van der Waals surface area contributed by atoms with E-state index >= 15 is 0 Å². The molecular formula is C14H13NO4. The average molecular weight is 259 g/mol. The van der Waals surface area contributed by atoms with Crippen molar-refractivity contribution >= 4 is 0 Å². The minimum atomic E-state index is -0.337. The fourth-order valence-electron chi connectivity index (χ4n) is 1.66. The average Bonchev–Trinajstić information content (AvgIpc) is 2.47. The van der Waals surface area contributed by atoms with E-state index in [-0.39, 0.29) is 13.5 Å². The SMILES string of the molecule is O=NCOc1ccc(-c2ccc(OCO)cc2)cc1. The molecule has 19 heavy (non-hydrogen) atoms. The van der Waals surface area contributed by atoms with Gasteiger partial charge in [-0.2, -0.15) is 0 Å². The van der Waals surface area contributed by atoms with E-state index < -0.39 is 0 Å². The van der Waals surface area contributed by atoms with Crippen LogP contribution in [0.25, 0.3) is 11.1 Å². The second kappa shape index (κ2) is 6.51. The molecule has 5 nitrogen and oxygen atoms in total. The summed E-state index contributed by atoms with van der Waals surface area (Å²) in [5.41, 5.74) is 2.03. The van der Waals surface area contributed by atoms with Crippen molar-refractivity contribution < 1.29 is 14.6 Å². The summed E-state index contributed by atoms with van der Waals surface area (Å²) < 4.78 is 10.0. The van der Waals surface area contributed by atoms with Gasteiger partial charge in [0, 0.05) is 0 Å². The van der Waals surface area contributed by atoms with Gasteiger partial charge in [-0.25, -0.2) is 0 Å². The van der Waals surface area contributed by atoms with Crippen LogP contribution >= 0.6 is 0 Å². The molecule has 0 unspecified atom stereocenters. The van der Waals surface area contributed by atoms with E-state index in [0.29, 0.717) is 11.5 Å². The molecule has 0 bridgehead atoms. The number of hydrogen-bond donors (Lipinski definition) is 1. The van der Waals surface area contributed by atoms with Crippen LogP contribution in [0.15, 0.2) is 53.7 Å². The summed E-state index contributed by atoms with van der Waals surface area (Å²) in [6, 6.07) is 14.7. The van der Waals surface area contributed by atoms with Crippen molar-refractivity contribution in [2.75, 3.05) is 13.5 Å². The summed E-state index contributed by atoms with van der Waals surface area (Å²) in [7, 11) is 0. The highest BCUT2D eigenvalue weighted by Gasteiger charge is 2.00. The number of nitrogens with zero attached hydrogens (tertiary/aromatic N) is 1. The normalized spacial score (nSPS) is 9.95. The Hall–Kier alpha value is -2.40. The third-order valence-electron chi connectivity index (χ3n) is 2.56. The van der Waals surface area contributed by atoms with Gasteiger partial charge in [0.25, 0.3) is 0 Å². The Morgan fingerprint density at radius 3 is 1.74 bits per heavy atom. The molecule has 0 fully saturated rings. The lowest BCUT2D eigenvalue weighted by Gasteiger charge is -2.06. The molecule has 2 aromatic rings. The lowest BCUT2D eigenvalue weighted by Crippen LogP contribution is -1.94. The van der Waals surface area contributed by atoms with E-state index in [2.05, 4.69) is 5.18 Å². The standard InChI is InChI=1S/C14H13NO4/c16-10-19-14-7-3-12(4-8-14)11-1-5-13(6-2-11)18-9-15-17/h1-8,16H,9-10H2. The summed E-state index contributed by atoms with van der Waals surface area (Å²) in [5.74, 6) is 1.21. The molecule has 0 aliphatic rings. The van der Waals surface area contributed by atoms with Crippen molar-refractivity contribution in [2.45, 2.75) is 0 Å². The third-order valence-corrected chi connectivity index (χ3v) is 2.56. The number of rotatable bonds is 6. The van der Waals surface area contributed by atoms with Crippen molar-refractivity contribution in [2.24, 2.45) is 5.18 Å². The molecule has 0 saturated carbocycles. The molecule has 2 rings (SSSR count). The van der Waals surface area contributed by atoms with Crippen molar-refractivity contribution in [3.8, 4) is 22.6 Å². The van der Waals surface area contributed by atoms with Crippen molar-refractivity contribution in [3.63, 3.8) is 0 Å². The largest absolute Gasteiger partial charge is 0.468 e. The maximum atomic E-state index is 9.95. The monoisotopic (exact) mass is 259 g/mol. The predicted octanol–water partition coefficient (Wildman–Crippen LogP) is 2.78. The first kappa shape index (κ1) is 13.0. The van der Waals surface area contributed by atoms with E-state index in [9.17, 15) is 4.91 Å². The van der Waals surface area contributed by atoms with E-state index in [1.165, 1.54) is 0 Å². The molecule has 5 heteroatoms. The molecule has 1 N–H and O–H groups in total. The molecule has 0 radical (unpaired) electrons. The van der Waals surface area contributed by atoms with Gasteiger partial charge in [0.15, 0.2) is 6.79 Å². The lowest BCUT2D eigenvalue weighted by molar-refractivity contribution is 0.0985. The molecule has 2 aromatic carbocycles. The van der Waals surface area contributed by atoms with Gasteiger partial charge < -0.3 is 14.6 Å². The van der Waals surface area contributed by atoms with E-state index in [4.69, 9.17) is 14.6 Å². The molecule has 98 valence electrons. The van der Waals surface area contributed by atoms with Gasteiger partial charge in [0.2, 0.25) is 6.73 Å². The number of ether oxygens (including phenoxy) is 2. The number of aliphatic hydroxyl groups is 1. The minimum Gasteiger partial charge on any atom is -0.468 e. The lowest BCUT2D eigenvalue weighted by atomic mass is 10.1. The Morgan fingerprint density at radius 1 is 0.842 bits per heavy atom. The van der Waals surface area contributed by atoms with Crippen molar-refractivity contribution in [3.05, 3.63) is 53.4 Å². The Balaban J connectivity index is 2.10. The van der Waals surface area contributed by atoms with Gasteiger partial charge in [-0.05, 0) is 40.6 Å². The summed E-state index contributed by atoms with van der Waals surface area (Å²) in [6.07, 6.45) is 0. The summed E-state index contributed by atoms with van der Waals surface area (Å²) in [5, 5.41) is 11.3. The Kier molecular flexibility index (Phi) is 4.47. The van der Waals surface area contributed by atoms with Crippen LogP contribution in [0.1, 0.15) is 0 Å². The molecular weight excluding hydrogens is 246 g/mol. The number of benzene rings is 2. The molecule has 0 atom stereocenters. The zero-order valence-corrected chi connectivity index (χ0v) is 10.2. The molecule has 0 aromatic heterocycles. The fraction of sp³-hybridized carbons (Fsp3) is 0.143. The molecule has 0 spiro atoms. The Bertz CT molecular complexity index is 522. The summed E-state index contributed by atoms with van der Waals surface area (Å²) >= 11 is 0. The van der Waals surface area contributed by atoms with Crippen LogP contribution in [0.3, 0.4) is 0 Å². The van der Waals surface area contributed by atoms with Crippen molar-refractivity contribution in [1.29, 1.82) is 0 Å². The molecule has 0 saturated heterocycles. The zero-order valence-electron chi connectivity index (χ0n) is 10.2. The molecule has 0 aliphatic heterocycles. The van der Waals surface area contributed by atoms with Crippen LogP contribution in [0, 0.1) is 4.91 Å². The van der Waals surface area contributed by atoms with Crippen LogP contribution in [0.5, 0.6) is 11.5 Å². The highest BCUT2D eigenvalue weighted by Crippen LogP contribution is 2.24. The smallest absolute Gasteiger partial charge is 0.219 e. The van der Waals surface area contributed by atoms with Crippen LogP contribution in [-0.2, 0) is 0 Å². The number of nitroso groups, excluding NO2 is 1. The van der Waals surface area contributed by atoms with Gasteiger partial charge in [-0.15, -0.1) is 4.91 Å². The first-order valence-electron chi connectivity index (χ1n) is 5.69. The second-order valence-corrected chi connectivity index (χ2v) is 3.72. The second-order valence-electron chi connectivity index (χ2n) is 3.72. The first-order valence-corrected chi connectivity index (χ1v) is 5.69. The topological polar surface area (TPSA) is 68.1 Å². The molecule has 0 heterocycles. The van der Waals surface area contributed by atoms with E-state index in [0.717, 1.165) is 11.1 Å². The quantitative estimate of drug-likeness (QED) is 0.639. The first-order chi connectivity index (χ1) is 9.33. The van der Waals surface area contributed by atoms with Gasteiger partial charge in [0.05, 0.1) is 0 Å². The highest BCUT2D eigenvalue weighted by atomic mass is 16.6. The number of aliphatic hydroxyl groups excluding tert-OH is 1. The maximum absolute atomic E-state index is 9.95. The van der Waals surface area contributed by atoms with Crippen molar-refractivity contribution in [1.82, 2.24) is 0 Å². The minimum absolute atomic E-state index is 0.188. The van der Waals surface area contributed by atoms with Crippen LogP contribution in [0.2, 0.25) is 0 Å². The third kappa shape index (κ3) is 3.53. The van der Waals surface area contributed by atoms with Crippen LogP contribution < -0.4 is 9.47 Å². The van der Waals surface area contributed by atoms with E-state index in [1.807, 2.05) is 24.3 Å². The highest BCUT2D eigenvalue weighted by molar-refractivity contribution is 5.64. The summed E-state index contributed by atoms with van der Waals surface area (Å²) in [6.45, 7) is -0.525. The van der Waals surface area contributed by atoms with Gasteiger partial charge in [-0.1, -0.05) is 24.3 Å².